The Hall–Kier alpha value is -0.660. The van der Waals surface area contributed by atoms with Crippen molar-refractivity contribution in [2.75, 3.05) is 25.9 Å². The number of aliphatic hydroxyl groups excluding tert-OH is 1. The quantitative estimate of drug-likeness (QED) is 0.713. The van der Waals surface area contributed by atoms with Crippen LogP contribution in [0.3, 0.4) is 0 Å². The molecule has 1 aliphatic heterocycles. The monoisotopic (exact) mass is 278 g/mol. The molecule has 1 saturated heterocycles. The second-order valence-electron chi connectivity index (χ2n) is 4.77. The van der Waals surface area contributed by atoms with Gasteiger partial charge in [-0.05, 0) is 19.3 Å². The van der Waals surface area contributed by atoms with Crippen molar-refractivity contribution < 1.29 is 18.3 Å². The van der Waals surface area contributed by atoms with Gasteiger partial charge in [-0.2, -0.15) is 0 Å². The molecular weight excluding hydrogens is 256 g/mol. The van der Waals surface area contributed by atoms with Gasteiger partial charge in [-0.15, -0.1) is 0 Å². The van der Waals surface area contributed by atoms with Crippen molar-refractivity contribution in [1.82, 2.24) is 9.62 Å². The van der Waals surface area contributed by atoms with Crippen LogP contribution < -0.4 is 5.32 Å². The van der Waals surface area contributed by atoms with Crippen LogP contribution in [0.15, 0.2) is 0 Å². The number of aliphatic hydroxyl groups is 1. The topological polar surface area (TPSA) is 86.7 Å². The van der Waals surface area contributed by atoms with Crippen LogP contribution >= 0.6 is 0 Å². The Balaban J connectivity index is 2.49. The molecule has 1 heterocycles. The number of nitrogens with one attached hydrogen (secondary N) is 1. The summed E-state index contributed by atoms with van der Waals surface area (Å²) in [5, 5.41) is 12.0. The summed E-state index contributed by atoms with van der Waals surface area (Å²) in [5.74, 6) is -0.478. The number of carbonyl (C=O) groups excluding carboxylic acids is 1. The Morgan fingerprint density at radius 1 is 1.56 bits per heavy atom. The molecule has 0 aromatic rings. The molecule has 0 aromatic carbocycles. The molecule has 0 radical (unpaired) electrons. The molecule has 2 N–H and O–H groups in total. The van der Waals surface area contributed by atoms with E-state index in [0.29, 0.717) is 25.8 Å². The van der Waals surface area contributed by atoms with Crippen LogP contribution in [0.2, 0.25) is 0 Å². The SMILES string of the molecule is CCC(O)CNC(=O)C1CCCN(S(C)(=O)=O)C1. The van der Waals surface area contributed by atoms with E-state index in [9.17, 15) is 18.3 Å². The molecule has 1 rings (SSSR count). The van der Waals surface area contributed by atoms with Crippen LogP contribution in [0, 0.1) is 5.92 Å². The lowest BCUT2D eigenvalue weighted by atomic mass is 9.99. The summed E-state index contributed by atoms with van der Waals surface area (Å²) < 4.78 is 24.2. The zero-order valence-electron chi connectivity index (χ0n) is 10.9. The van der Waals surface area contributed by atoms with E-state index >= 15 is 0 Å². The Bertz CT molecular complexity index is 383. The minimum Gasteiger partial charge on any atom is -0.391 e. The number of piperidine rings is 1. The lowest BCUT2D eigenvalue weighted by molar-refractivity contribution is -0.126. The minimum absolute atomic E-state index is 0.171. The lowest BCUT2D eigenvalue weighted by Gasteiger charge is -2.30. The van der Waals surface area contributed by atoms with Crippen molar-refractivity contribution in [3.63, 3.8) is 0 Å². The van der Waals surface area contributed by atoms with E-state index in [0.717, 1.165) is 6.26 Å². The van der Waals surface area contributed by atoms with E-state index in [2.05, 4.69) is 5.32 Å². The van der Waals surface area contributed by atoms with Crippen LogP contribution in [-0.4, -0.2) is 55.7 Å². The summed E-state index contributed by atoms with van der Waals surface area (Å²) in [6, 6.07) is 0. The molecular formula is C11H22N2O4S. The second kappa shape index (κ2) is 6.49. The van der Waals surface area contributed by atoms with Crippen molar-refractivity contribution in [1.29, 1.82) is 0 Å². The van der Waals surface area contributed by atoms with Crippen molar-refractivity contribution >= 4 is 15.9 Å². The number of sulfonamides is 1. The molecule has 0 saturated carbocycles. The van der Waals surface area contributed by atoms with Crippen LogP contribution in [0.25, 0.3) is 0 Å². The van der Waals surface area contributed by atoms with Crippen LogP contribution in [0.1, 0.15) is 26.2 Å². The highest BCUT2D eigenvalue weighted by atomic mass is 32.2. The third kappa shape index (κ3) is 4.55. The molecule has 106 valence electrons. The molecule has 1 aliphatic rings. The first kappa shape index (κ1) is 15.4. The molecule has 0 bridgehead atoms. The standard InChI is InChI=1S/C11H22N2O4S/c1-3-10(14)7-12-11(15)9-5-4-6-13(8-9)18(2,16)17/h9-10,14H,3-8H2,1-2H3,(H,12,15). The zero-order valence-corrected chi connectivity index (χ0v) is 11.7. The fraction of sp³-hybridized carbons (Fsp3) is 0.909. The summed E-state index contributed by atoms with van der Waals surface area (Å²) in [4.78, 5) is 11.8. The minimum atomic E-state index is -3.22. The predicted octanol–water partition coefficient (Wildman–Crippen LogP) is -0.455. The highest BCUT2D eigenvalue weighted by Gasteiger charge is 2.30. The molecule has 0 spiro atoms. The number of carbonyl (C=O) groups is 1. The summed E-state index contributed by atoms with van der Waals surface area (Å²) in [7, 11) is -3.22. The molecule has 18 heavy (non-hydrogen) atoms. The number of hydrogen-bond donors (Lipinski definition) is 2. The fourth-order valence-corrected chi connectivity index (χ4v) is 2.88. The number of hydrogen-bond acceptors (Lipinski definition) is 4. The third-order valence-corrected chi connectivity index (χ3v) is 4.48. The van der Waals surface area contributed by atoms with E-state index in [4.69, 9.17) is 0 Å². The van der Waals surface area contributed by atoms with Crippen LogP contribution in [0.4, 0.5) is 0 Å². The average Bonchev–Trinajstić information content (AvgIpc) is 2.34. The number of rotatable bonds is 5. The van der Waals surface area contributed by atoms with Gasteiger partial charge in [0.25, 0.3) is 0 Å². The van der Waals surface area contributed by atoms with Crippen molar-refractivity contribution in [2.24, 2.45) is 5.92 Å². The Labute approximate surface area is 108 Å². The molecule has 1 amide bonds. The van der Waals surface area contributed by atoms with Gasteiger partial charge in [-0.3, -0.25) is 4.79 Å². The number of nitrogens with zero attached hydrogens (tertiary/aromatic N) is 1. The van der Waals surface area contributed by atoms with Gasteiger partial charge in [0.15, 0.2) is 0 Å². The molecule has 6 nitrogen and oxygen atoms in total. The van der Waals surface area contributed by atoms with Gasteiger partial charge in [0.1, 0.15) is 0 Å². The van der Waals surface area contributed by atoms with E-state index in [1.54, 1.807) is 0 Å². The second-order valence-corrected chi connectivity index (χ2v) is 6.75. The van der Waals surface area contributed by atoms with E-state index in [-0.39, 0.29) is 24.9 Å². The first-order valence-electron chi connectivity index (χ1n) is 6.25. The Morgan fingerprint density at radius 3 is 2.78 bits per heavy atom. The number of amides is 1. The van der Waals surface area contributed by atoms with Crippen LogP contribution in [-0.2, 0) is 14.8 Å². The summed E-state index contributed by atoms with van der Waals surface area (Å²) in [6.45, 7) is 2.79. The van der Waals surface area contributed by atoms with Crippen molar-refractivity contribution in [3.05, 3.63) is 0 Å². The van der Waals surface area contributed by atoms with Gasteiger partial charge in [-0.25, -0.2) is 12.7 Å². The molecule has 2 atom stereocenters. The largest absolute Gasteiger partial charge is 0.391 e. The molecule has 0 aliphatic carbocycles. The van der Waals surface area contributed by atoms with Gasteiger partial charge in [0, 0.05) is 19.6 Å². The first-order valence-corrected chi connectivity index (χ1v) is 8.10. The normalized spacial score (nSPS) is 23.6. The highest BCUT2D eigenvalue weighted by molar-refractivity contribution is 7.88. The van der Waals surface area contributed by atoms with Gasteiger partial charge in [0.05, 0.1) is 18.3 Å². The average molecular weight is 278 g/mol. The van der Waals surface area contributed by atoms with Gasteiger partial charge < -0.3 is 10.4 Å². The lowest BCUT2D eigenvalue weighted by Crippen LogP contribution is -2.46. The van der Waals surface area contributed by atoms with Gasteiger partial charge >= 0.3 is 0 Å². The molecule has 0 aromatic heterocycles. The summed E-state index contributed by atoms with van der Waals surface area (Å²) >= 11 is 0. The maximum absolute atomic E-state index is 11.8. The summed E-state index contributed by atoms with van der Waals surface area (Å²) in [5.41, 5.74) is 0. The fourth-order valence-electron chi connectivity index (χ4n) is 1.96. The smallest absolute Gasteiger partial charge is 0.224 e. The van der Waals surface area contributed by atoms with Crippen molar-refractivity contribution in [2.45, 2.75) is 32.3 Å². The maximum Gasteiger partial charge on any atom is 0.224 e. The molecule has 2 unspecified atom stereocenters. The predicted molar refractivity (Wildman–Crippen MR) is 68.4 cm³/mol. The van der Waals surface area contributed by atoms with Gasteiger partial charge in [-0.1, -0.05) is 6.92 Å². The maximum atomic E-state index is 11.8. The Morgan fingerprint density at radius 2 is 2.22 bits per heavy atom. The summed E-state index contributed by atoms with van der Waals surface area (Å²) in [6.07, 6.45) is 2.60. The van der Waals surface area contributed by atoms with Crippen LogP contribution in [0.5, 0.6) is 0 Å². The third-order valence-electron chi connectivity index (χ3n) is 3.21. The first-order chi connectivity index (χ1) is 8.34. The zero-order chi connectivity index (χ0) is 13.8. The van der Waals surface area contributed by atoms with Gasteiger partial charge in [0.2, 0.25) is 15.9 Å². The molecule has 7 heteroatoms. The van der Waals surface area contributed by atoms with E-state index in [1.165, 1.54) is 4.31 Å². The van der Waals surface area contributed by atoms with E-state index in [1.807, 2.05) is 6.92 Å². The highest BCUT2D eigenvalue weighted by Crippen LogP contribution is 2.18. The Kier molecular flexibility index (Phi) is 5.55. The molecule has 1 fully saturated rings. The van der Waals surface area contributed by atoms with Crippen molar-refractivity contribution in [3.8, 4) is 0 Å². The van der Waals surface area contributed by atoms with E-state index < -0.39 is 16.1 Å².